The maximum atomic E-state index is 5.46. The Morgan fingerprint density at radius 3 is 1.84 bits per heavy atom. The van der Waals surface area contributed by atoms with E-state index in [1.165, 1.54) is 44.2 Å². The van der Waals surface area contributed by atoms with Gasteiger partial charge in [0.15, 0.2) is 0 Å². The molecule has 2 nitrogen and oxygen atoms in total. The van der Waals surface area contributed by atoms with Crippen molar-refractivity contribution in [2.75, 3.05) is 0 Å². The predicted molar refractivity (Wildman–Crippen MR) is 182 cm³/mol. The third kappa shape index (κ3) is 4.66. The minimum atomic E-state index is 0. The summed E-state index contributed by atoms with van der Waals surface area (Å²) < 4.78 is 0. The van der Waals surface area contributed by atoms with Crippen molar-refractivity contribution in [3.05, 3.63) is 151 Å². The van der Waals surface area contributed by atoms with E-state index < -0.39 is 0 Å². The zero-order chi connectivity index (χ0) is 28.9. The Kier molecular flexibility index (Phi) is 7.22. The van der Waals surface area contributed by atoms with E-state index in [-0.39, 0.29) is 20.1 Å². The molecule has 0 aliphatic rings. The van der Waals surface area contributed by atoms with Gasteiger partial charge in [0.25, 0.3) is 0 Å². The monoisotopic (exact) mass is 646 g/mol. The first-order valence-electron chi connectivity index (χ1n) is 14.8. The molecule has 1 radical (unpaired) electrons. The maximum absolute atomic E-state index is 5.46. The molecule has 8 rings (SSSR count). The summed E-state index contributed by atoms with van der Waals surface area (Å²) in [4.78, 5) is 10.4. The van der Waals surface area contributed by atoms with Crippen molar-refractivity contribution in [1.82, 2.24) is 9.97 Å². The number of nitrogens with zero attached hydrogens (tertiary/aromatic N) is 2. The Labute approximate surface area is 270 Å². The fourth-order valence-electron chi connectivity index (χ4n) is 6.39. The molecule has 8 aromatic rings. The van der Waals surface area contributed by atoms with Crippen molar-refractivity contribution in [3.63, 3.8) is 0 Å². The molecule has 0 N–H and O–H groups in total. The smallest absolute Gasteiger partial charge is 0.0978 e. The molecule has 3 heteroatoms. The summed E-state index contributed by atoms with van der Waals surface area (Å²) >= 11 is 0. The van der Waals surface area contributed by atoms with Gasteiger partial charge in [0, 0.05) is 37.1 Å². The fourth-order valence-corrected chi connectivity index (χ4v) is 6.39. The van der Waals surface area contributed by atoms with Crippen LogP contribution in [0.2, 0.25) is 0 Å². The van der Waals surface area contributed by atoms with Gasteiger partial charge in [-0.25, -0.2) is 4.98 Å². The van der Waals surface area contributed by atoms with E-state index in [4.69, 9.17) is 9.97 Å². The van der Waals surface area contributed by atoms with Crippen LogP contribution in [-0.2, 0) is 20.1 Å². The van der Waals surface area contributed by atoms with Crippen molar-refractivity contribution in [1.29, 1.82) is 0 Å². The van der Waals surface area contributed by atoms with Gasteiger partial charge in [-0.3, -0.25) is 4.98 Å². The number of pyridine rings is 2. The SMILES string of the molecule is C[C-](C)c1ccc2c(c1)c(-c1cc(-c3ccccc3)c3ccc4c(-c5ccccc5)ccnc4c3n1)cc1ccccc12.[Tc]. The third-order valence-electron chi connectivity index (χ3n) is 8.57. The Hall–Kier alpha value is -4.82. The van der Waals surface area contributed by atoms with Gasteiger partial charge in [-0.2, -0.15) is 23.6 Å². The van der Waals surface area contributed by atoms with Gasteiger partial charge in [-0.15, -0.1) is 6.07 Å². The van der Waals surface area contributed by atoms with Gasteiger partial charge in [0.1, 0.15) is 0 Å². The second kappa shape index (κ2) is 11.4. The molecular formula is C41H29N2Tc-. The van der Waals surface area contributed by atoms with Gasteiger partial charge in [-0.1, -0.05) is 116 Å². The van der Waals surface area contributed by atoms with Crippen LogP contribution in [0.4, 0.5) is 0 Å². The summed E-state index contributed by atoms with van der Waals surface area (Å²) in [6.45, 7) is 4.34. The summed E-state index contributed by atoms with van der Waals surface area (Å²) in [7, 11) is 0. The minimum absolute atomic E-state index is 0. The van der Waals surface area contributed by atoms with Crippen molar-refractivity contribution >= 4 is 43.4 Å². The fraction of sp³-hybridized carbons (Fsp3) is 0.0488. The molecule has 0 saturated carbocycles. The molecule has 0 aliphatic heterocycles. The summed E-state index contributed by atoms with van der Waals surface area (Å²) in [5.74, 6) is 1.29. The molecule has 44 heavy (non-hydrogen) atoms. The molecule has 0 amide bonds. The van der Waals surface area contributed by atoms with Gasteiger partial charge in [0.05, 0.1) is 16.7 Å². The molecule has 0 aliphatic carbocycles. The van der Waals surface area contributed by atoms with Crippen molar-refractivity contribution in [3.8, 4) is 33.5 Å². The van der Waals surface area contributed by atoms with Crippen LogP contribution in [0, 0.1) is 5.92 Å². The maximum Gasteiger partial charge on any atom is 0.0978 e. The van der Waals surface area contributed by atoms with E-state index >= 15 is 0 Å². The summed E-state index contributed by atoms with van der Waals surface area (Å²) in [5, 5.41) is 7.12. The van der Waals surface area contributed by atoms with E-state index in [9.17, 15) is 0 Å². The van der Waals surface area contributed by atoms with Crippen LogP contribution in [0.25, 0.3) is 76.9 Å². The average Bonchev–Trinajstić information content (AvgIpc) is 3.07. The first-order chi connectivity index (χ1) is 21.2. The zero-order valence-electron chi connectivity index (χ0n) is 24.6. The largest absolute Gasteiger partial charge is 0.254 e. The number of fused-ring (bicyclic) bond motifs is 6. The van der Waals surface area contributed by atoms with E-state index in [0.717, 1.165) is 44.2 Å². The van der Waals surface area contributed by atoms with Crippen LogP contribution in [-0.4, -0.2) is 9.97 Å². The number of aromatic nitrogens is 2. The molecule has 0 unspecified atom stereocenters. The van der Waals surface area contributed by atoms with E-state index in [0.29, 0.717) is 0 Å². The first-order valence-corrected chi connectivity index (χ1v) is 14.8. The summed E-state index contributed by atoms with van der Waals surface area (Å²) in [5.41, 5.74) is 9.82. The quantitative estimate of drug-likeness (QED) is 0.140. The van der Waals surface area contributed by atoms with Gasteiger partial charge in [-0.05, 0) is 62.2 Å². The standard InChI is InChI=1S/C41H29N2.Tc/c1-26(2)29-17-18-33-31-16-10-9-15-30(31)24-38(37(33)23-29)39-25-36(28-13-7-4-8-14-28)35-20-19-34-32(27-11-5-3-6-12-27)21-22-42-40(34)41(35)43-39;/h3-25H,1-2H3;/q-1;. The first kappa shape index (κ1) is 28.0. The minimum Gasteiger partial charge on any atom is -0.254 e. The average molecular weight is 648 g/mol. The molecular weight excluding hydrogens is 618 g/mol. The van der Waals surface area contributed by atoms with Crippen LogP contribution in [0.3, 0.4) is 0 Å². The van der Waals surface area contributed by atoms with E-state index in [1.54, 1.807) is 0 Å². The molecule has 2 aromatic heterocycles. The zero-order valence-corrected chi connectivity index (χ0v) is 26.4. The molecule has 0 saturated heterocycles. The Morgan fingerprint density at radius 2 is 1.11 bits per heavy atom. The second-order valence-corrected chi connectivity index (χ2v) is 11.4. The summed E-state index contributed by atoms with van der Waals surface area (Å²) in [6.07, 6.45) is 1.91. The van der Waals surface area contributed by atoms with Crippen LogP contribution in [0.1, 0.15) is 19.4 Å². The molecule has 211 valence electrons. The van der Waals surface area contributed by atoms with Crippen molar-refractivity contribution < 1.29 is 20.1 Å². The molecule has 0 atom stereocenters. The molecule has 6 aromatic carbocycles. The van der Waals surface area contributed by atoms with E-state index in [1.807, 2.05) is 6.20 Å². The Balaban J connectivity index is 0.00000312. The number of hydrogen-bond donors (Lipinski definition) is 0. The second-order valence-electron chi connectivity index (χ2n) is 11.4. The Bertz CT molecular complexity index is 2310. The van der Waals surface area contributed by atoms with Crippen molar-refractivity contribution in [2.24, 2.45) is 0 Å². The van der Waals surface area contributed by atoms with Crippen LogP contribution in [0.15, 0.2) is 140 Å². The van der Waals surface area contributed by atoms with Crippen molar-refractivity contribution in [2.45, 2.75) is 13.8 Å². The van der Waals surface area contributed by atoms with Crippen LogP contribution < -0.4 is 0 Å². The summed E-state index contributed by atoms with van der Waals surface area (Å²) in [6, 6.07) is 47.8. The topological polar surface area (TPSA) is 25.8 Å². The van der Waals surface area contributed by atoms with Gasteiger partial charge < -0.3 is 0 Å². The number of rotatable bonds is 4. The molecule has 0 bridgehead atoms. The molecule has 0 fully saturated rings. The van der Waals surface area contributed by atoms with E-state index in [2.05, 4.69) is 147 Å². The Morgan fingerprint density at radius 1 is 0.477 bits per heavy atom. The van der Waals surface area contributed by atoms with Crippen LogP contribution in [0.5, 0.6) is 0 Å². The van der Waals surface area contributed by atoms with Gasteiger partial charge in [0.2, 0.25) is 0 Å². The third-order valence-corrected chi connectivity index (χ3v) is 8.57. The molecule has 0 spiro atoms. The number of benzene rings is 6. The molecule has 2 heterocycles. The normalized spacial score (nSPS) is 11.2. The van der Waals surface area contributed by atoms with Crippen LogP contribution >= 0.6 is 0 Å². The van der Waals surface area contributed by atoms with Gasteiger partial charge >= 0.3 is 0 Å². The number of hydrogen-bond acceptors (Lipinski definition) is 2. The predicted octanol–water partition coefficient (Wildman–Crippen LogP) is 11.1.